The predicted molar refractivity (Wildman–Crippen MR) is 133 cm³/mol. The standard InChI is InChI=1S/C22H33F2N7.HI/c1-3-21(19-8-7-18(23)15-20(19)24)30-11-13-31(14-12-30)22(25-4-2)26-9-5-6-10-29-16-27-28-17-29;/h7-8,15-17,21H,3-6,9-14H2,1-2H3,(H,25,26);1H. The number of nitrogens with zero attached hydrogens (tertiary/aromatic N) is 6. The van der Waals surface area contributed by atoms with E-state index in [2.05, 4.69) is 32.2 Å². The SMILES string of the molecule is CCNC(=NCCCCn1cnnc1)N1CCN(C(CC)c2ccc(F)cc2F)CC1.I. The minimum absolute atomic E-state index is 0. The van der Waals surface area contributed by atoms with E-state index in [-0.39, 0.29) is 30.0 Å². The number of nitrogens with one attached hydrogen (secondary N) is 1. The first kappa shape index (κ1) is 26.4. The molecule has 1 unspecified atom stereocenters. The fourth-order valence-corrected chi connectivity index (χ4v) is 4.05. The molecule has 0 bridgehead atoms. The number of hydrogen-bond acceptors (Lipinski definition) is 4. The monoisotopic (exact) mass is 561 g/mol. The lowest BCUT2D eigenvalue weighted by atomic mass is 10.0. The molecular weight excluding hydrogens is 527 g/mol. The fourth-order valence-electron chi connectivity index (χ4n) is 4.05. The van der Waals surface area contributed by atoms with Gasteiger partial charge in [-0.05, 0) is 32.3 Å². The van der Waals surface area contributed by atoms with E-state index >= 15 is 0 Å². The lowest BCUT2D eigenvalue weighted by Gasteiger charge is -2.40. The summed E-state index contributed by atoms with van der Waals surface area (Å²) in [4.78, 5) is 9.36. The van der Waals surface area contributed by atoms with Crippen LogP contribution in [0.4, 0.5) is 8.78 Å². The Labute approximate surface area is 206 Å². The largest absolute Gasteiger partial charge is 0.357 e. The van der Waals surface area contributed by atoms with E-state index in [1.54, 1.807) is 18.7 Å². The van der Waals surface area contributed by atoms with Gasteiger partial charge in [0.1, 0.15) is 24.3 Å². The molecule has 0 spiro atoms. The Hall–Kier alpha value is -1.82. The van der Waals surface area contributed by atoms with Crippen molar-refractivity contribution in [3.05, 3.63) is 48.1 Å². The van der Waals surface area contributed by atoms with E-state index < -0.39 is 11.6 Å². The molecular formula is C22H34F2IN7. The van der Waals surface area contributed by atoms with Gasteiger partial charge in [0.2, 0.25) is 0 Å². The Morgan fingerprint density at radius 1 is 1.09 bits per heavy atom. The smallest absolute Gasteiger partial charge is 0.194 e. The number of hydrogen-bond donors (Lipinski definition) is 1. The number of aliphatic imine (C=N–C) groups is 1. The lowest BCUT2D eigenvalue weighted by Crippen LogP contribution is -2.53. The number of benzene rings is 1. The Balaban J connectivity index is 0.00000363. The van der Waals surface area contributed by atoms with Crippen LogP contribution in [0, 0.1) is 11.6 Å². The summed E-state index contributed by atoms with van der Waals surface area (Å²) < 4.78 is 29.6. The molecule has 1 N–H and O–H groups in total. The molecule has 2 aromatic rings. The maximum Gasteiger partial charge on any atom is 0.194 e. The number of guanidine groups is 1. The molecule has 1 atom stereocenters. The zero-order chi connectivity index (χ0) is 22.1. The zero-order valence-electron chi connectivity index (χ0n) is 18.9. The molecule has 32 heavy (non-hydrogen) atoms. The number of unbranched alkanes of at least 4 members (excludes halogenated alkanes) is 1. The number of piperazine rings is 1. The summed E-state index contributed by atoms with van der Waals surface area (Å²) in [6.45, 7) is 9.88. The first-order valence-corrected chi connectivity index (χ1v) is 11.2. The summed E-state index contributed by atoms with van der Waals surface area (Å²) in [7, 11) is 0. The van der Waals surface area contributed by atoms with Gasteiger partial charge in [-0.25, -0.2) is 8.78 Å². The summed E-state index contributed by atoms with van der Waals surface area (Å²) in [5, 5.41) is 11.0. The highest BCUT2D eigenvalue weighted by Gasteiger charge is 2.27. The van der Waals surface area contributed by atoms with Gasteiger partial charge in [-0.1, -0.05) is 13.0 Å². The third kappa shape index (κ3) is 7.36. The zero-order valence-corrected chi connectivity index (χ0v) is 21.2. The topological polar surface area (TPSA) is 61.6 Å². The number of rotatable bonds is 9. The number of aryl methyl sites for hydroxylation is 1. The second kappa shape index (κ2) is 13.7. The molecule has 0 amide bonds. The maximum atomic E-state index is 14.3. The van der Waals surface area contributed by atoms with Crippen LogP contribution >= 0.6 is 24.0 Å². The number of aromatic nitrogens is 3. The van der Waals surface area contributed by atoms with Crippen LogP contribution in [0.2, 0.25) is 0 Å². The molecule has 3 rings (SSSR count). The Morgan fingerprint density at radius 2 is 1.81 bits per heavy atom. The van der Waals surface area contributed by atoms with E-state index in [9.17, 15) is 8.78 Å². The molecule has 1 aliphatic rings. The van der Waals surface area contributed by atoms with Crippen molar-refractivity contribution < 1.29 is 8.78 Å². The van der Waals surface area contributed by atoms with Gasteiger partial charge in [-0.2, -0.15) is 0 Å². The molecule has 0 radical (unpaired) electrons. The van der Waals surface area contributed by atoms with E-state index in [0.717, 1.165) is 77.1 Å². The van der Waals surface area contributed by atoms with Crippen LogP contribution in [0.1, 0.15) is 44.7 Å². The maximum absolute atomic E-state index is 14.3. The van der Waals surface area contributed by atoms with Crippen LogP contribution < -0.4 is 5.32 Å². The molecule has 178 valence electrons. The van der Waals surface area contributed by atoms with Gasteiger partial charge in [0, 0.05) is 63.5 Å². The van der Waals surface area contributed by atoms with Crippen molar-refractivity contribution in [2.45, 2.75) is 45.7 Å². The van der Waals surface area contributed by atoms with E-state index in [0.29, 0.717) is 5.56 Å². The van der Waals surface area contributed by atoms with Crippen LogP contribution in [-0.2, 0) is 6.54 Å². The lowest BCUT2D eigenvalue weighted by molar-refractivity contribution is 0.124. The third-order valence-corrected chi connectivity index (χ3v) is 5.65. The van der Waals surface area contributed by atoms with Gasteiger partial charge in [-0.15, -0.1) is 34.2 Å². The quantitative estimate of drug-likeness (QED) is 0.219. The van der Waals surface area contributed by atoms with Crippen LogP contribution in [0.5, 0.6) is 0 Å². The minimum Gasteiger partial charge on any atom is -0.357 e. The van der Waals surface area contributed by atoms with E-state index in [1.807, 2.05) is 11.5 Å². The molecule has 0 aliphatic carbocycles. The molecule has 1 saturated heterocycles. The van der Waals surface area contributed by atoms with Gasteiger partial charge < -0.3 is 14.8 Å². The van der Waals surface area contributed by atoms with Crippen LogP contribution in [0.25, 0.3) is 0 Å². The number of halogens is 3. The normalized spacial score (nSPS) is 16.0. The van der Waals surface area contributed by atoms with Crippen molar-refractivity contribution in [2.75, 3.05) is 39.3 Å². The second-order valence-electron chi connectivity index (χ2n) is 7.76. The Morgan fingerprint density at radius 3 is 2.44 bits per heavy atom. The third-order valence-electron chi connectivity index (χ3n) is 5.65. The first-order chi connectivity index (χ1) is 15.1. The minimum atomic E-state index is -0.533. The van der Waals surface area contributed by atoms with E-state index in [1.165, 1.54) is 6.07 Å². The molecule has 10 heteroatoms. The van der Waals surface area contributed by atoms with Gasteiger partial charge in [-0.3, -0.25) is 9.89 Å². The van der Waals surface area contributed by atoms with Crippen LogP contribution in [0.15, 0.2) is 35.8 Å². The highest BCUT2D eigenvalue weighted by Crippen LogP contribution is 2.28. The fraction of sp³-hybridized carbons (Fsp3) is 0.591. The summed E-state index contributed by atoms with van der Waals surface area (Å²) in [6.07, 6.45) is 6.26. The molecule has 1 fully saturated rings. The van der Waals surface area contributed by atoms with Gasteiger partial charge in [0.25, 0.3) is 0 Å². The summed E-state index contributed by atoms with van der Waals surface area (Å²) >= 11 is 0. The summed E-state index contributed by atoms with van der Waals surface area (Å²) in [5.74, 6) is -0.0581. The molecule has 1 aromatic carbocycles. The summed E-state index contributed by atoms with van der Waals surface area (Å²) in [5.41, 5.74) is 0.575. The van der Waals surface area contributed by atoms with Crippen molar-refractivity contribution in [3.63, 3.8) is 0 Å². The van der Waals surface area contributed by atoms with Gasteiger partial charge in [0.15, 0.2) is 5.96 Å². The molecule has 1 aromatic heterocycles. The molecule has 0 saturated carbocycles. The molecule has 7 nitrogen and oxygen atoms in total. The first-order valence-electron chi connectivity index (χ1n) is 11.2. The van der Waals surface area contributed by atoms with E-state index in [4.69, 9.17) is 4.99 Å². The Bertz CT molecular complexity index is 824. The highest BCUT2D eigenvalue weighted by molar-refractivity contribution is 14.0. The second-order valence-corrected chi connectivity index (χ2v) is 7.76. The highest BCUT2D eigenvalue weighted by atomic mass is 127. The summed E-state index contributed by atoms with van der Waals surface area (Å²) in [6, 6.07) is 3.86. The van der Waals surface area contributed by atoms with Crippen molar-refractivity contribution in [2.24, 2.45) is 4.99 Å². The van der Waals surface area contributed by atoms with Crippen LogP contribution in [-0.4, -0.2) is 69.8 Å². The van der Waals surface area contributed by atoms with Gasteiger partial charge in [0.05, 0.1) is 0 Å². The van der Waals surface area contributed by atoms with Crippen molar-refractivity contribution >= 4 is 29.9 Å². The average molecular weight is 561 g/mol. The van der Waals surface area contributed by atoms with Crippen molar-refractivity contribution in [1.29, 1.82) is 0 Å². The van der Waals surface area contributed by atoms with Crippen molar-refractivity contribution in [1.82, 2.24) is 29.9 Å². The average Bonchev–Trinajstić information content (AvgIpc) is 3.29. The Kier molecular flexibility index (Phi) is 11.3. The predicted octanol–water partition coefficient (Wildman–Crippen LogP) is 3.69. The van der Waals surface area contributed by atoms with Gasteiger partial charge >= 0.3 is 0 Å². The molecule has 2 heterocycles. The van der Waals surface area contributed by atoms with Crippen LogP contribution in [0.3, 0.4) is 0 Å². The van der Waals surface area contributed by atoms with Crippen molar-refractivity contribution in [3.8, 4) is 0 Å². The molecule has 1 aliphatic heterocycles.